The Labute approximate surface area is 131 Å². The molecule has 1 amide bonds. The summed E-state index contributed by atoms with van der Waals surface area (Å²) in [5, 5.41) is 2.81. The fraction of sp³-hybridized carbons (Fsp3) is 0.278. The van der Waals surface area contributed by atoms with Gasteiger partial charge in [-0.1, -0.05) is 24.3 Å². The molecule has 0 atom stereocenters. The summed E-state index contributed by atoms with van der Waals surface area (Å²) in [6, 6.07) is 13.2. The van der Waals surface area contributed by atoms with Crippen molar-refractivity contribution in [3.63, 3.8) is 0 Å². The Bertz CT molecular complexity index is 653. The van der Waals surface area contributed by atoms with Gasteiger partial charge in [0.2, 0.25) is 5.91 Å². The molecule has 0 saturated carbocycles. The lowest BCUT2D eigenvalue weighted by Crippen LogP contribution is -2.14. The fourth-order valence-corrected chi connectivity index (χ4v) is 2.12. The van der Waals surface area contributed by atoms with E-state index in [9.17, 15) is 4.79 Å². The van der Waals surface area contributed by atoms with Crippen LogP contribution in [0.5, 0.6) is 5.75 Å². The molecule has 0 radical (unpaired) electrons. The van der Waals surface area contributed by atoms with E-state index in [1.54, 1.807) is 12.1 Å². The molecular weight excluding hydrogens is 276 g/mol. The Morgan fingerprint density at radius 3 is 2.68 bits per heavy atom. The Hall–Kier alpha value is -2.49. The highest BCUT2D eigenvalue weighted by Crippen LogP contribution is 2.21. The zero-order valence-corrected chi connectivity index (χ0v) is 13.1. The number of hydrogen-bond acceptors (Lipinski definition) is 3. The summed E-state index contributed by atoms with van der Waals surface area (Å²) in [4.78, 5) is 11.9. The predicted molar refractivity (Wildman–Crippen MR) is 90.1 cm³/mol. The number of rotatable bonds is 6. The van der Waals surface area contributed by atoms with Crippen LogP contribution in [0.15, 0.2) is 42.5 Å². The van der Waals surface area contributed by atoms with Gasteiger partial charge in [0, 0.05) is 6.42 Å². The van der Waals surface area contributed by atoms with Gasteiger partial charge in [-0.05, 0) is 49.6 Å². The number of carbonyl (C=O) groups excluding carboxylic acids is 1. The van der Waals surface area contributed by atoms with E-state index < -0.39 is 0 Å². The number of nitrogens with one attached hydrogen (secondary N) is 1. The first kappa shape index (κ1) is 15.9. The number of carbonyl (C=O) groups is 1. The van der Waals surface area contributed by atoms with E-state index in [1.165, 1.54) is 5.56 Å². The van der Waals surface area contributed by atoms with E-state index >= 15 is 0 Å². The summed E-state index contributed by atoms with van der Waals surface area (Å²) < 4.78 is 5.74. The quantitative estimate of drug-likeness (QED) is 0.631. The van der Waals surface area contributed by atoms with E-state index in [-0.39, 0.29) is 5.91 Å². The van der Waals surface area contributed by atoms with Crippen molar-refractivity contribution < 1.29 is 9.53 Å². The first-order chi connectivity index (χ1) is 10.6. The molecule has 0 unspecified atom stereocenters. The summed E-state index contributed by atoms with van der Waals surface area (Å²) in [5.74, 6) is 0.829. The smallest absolute Gasteiger partial charge is 0.224 e. The molecule has 0 fully saturated rings. The molecule has 0 aromatic heterocycles. The zero-order valence-electron chi connectivity index (χ0n) is 13.1. The first-order valence-corrected chi connectivity index (χ1v) is 7.41. The monoisotopic (exact) mass is 298 g/mol. The molecule has 0 bridgehead atoms. The first-order valence-electron chi connectivity index (χ1n) is 7.41. The van der Waals surface area contributed by atoms with Crippen molar-refractivity contribution in [3.8, 4) is 5.75 Å². The second-order valence-electron chi connectivity index (χ2n) is 5.29. The second kappa shape index (κ2) is 7.50. The van der Waals surface area contributed by atoms with Gasteiger partial charge in [0.05, 0.1) is 18.0 Å². The summed E-state index contributed by atoms with van der Waals surface area (Å²) in [7, 11) is 0. The van der Waals surface area contributed by atoms with Crippen LogP contribution in [-0.4, -0.2) is 12.5 Å². The van der Waals surface area contributed by atoms with Crippen LogP contribution in [0.1, 0.15) is 24.0 Å². The van der Waals surface area contributed by atoms with Crippen molar-refractivity contribution in [1.82, 2.24) is 0 Å². The molecule has 2 rings (SSSR count). The van der Waals surface area contributed by atoms with Gasteiger partial charge in [-0.2, -0.15) is 0 Å². The van der Waals surface area contributed by atoms with Crippen LogP contribution in [0, 0.1) is 13.8 Å². The molecule has 116 valence electrons. The molecule has 0 saturated heterocycles. The highest BCUT2D eigenvalue weighted by Gasteiger charge is 2.06. The number of anilines is 2. The number of amides is 1. The summed E-state index contributed by atoms with van der Waals surface area (Å²) in [6.45, 7) is 4.61. The van der Waals surface area contributed by atoms with Gasteiger partial charge in [0.1, 0.15) is 5.75 Å². The molecule has 0 aliphatic rings. The van der Waals surface area contributed by atoms with E-state index in [1.807, 2.05) is 31.2 Å². The molecule has 4 heteroatoms. The maximum absolute atomic E-state index is 11.9. The third-order valence-corrected chi connectivity index (χ3v) is 3.60. The number of ether oxygens (including phenoxy) is 1. The lowest BCUT2D eigenvalue weighted by atomic mass is 10.1. The van der Waals surface area contributed by atoms with Gasteiger partial charge >= 0.3 is 0 Å². The minimum atomic E-state index is -0.0533. The van der Waals surface area contributed by atoms with Gasteiger partial charge in [-0.15, -0.1) is 0 Å². The van der Waals surface area contributed by atoms with Gasteiger partial charge < -0.3 is 15.8 Å². The Morgan fingerprint density at radius 2 is 1.91 bits per heavy atom. The average Bonchev–Trinajstić information content (AvgIpc) is 2.50. The van der Waals surface area contributed by atoms with Crippen molar-refractivity contribution >= 4 is 17.3 Å². The highest BCUT2D eigenvalue weighted by molar-refractivity contribution is 5.93. The number of nitrogens with two attached hydrogens (primary N) is 1. The maximum Gasteiger partial charge on any atom is 0.224 e. The van der Waals surface area contributed by atoms with E-state index in [0.29, 0.717) is 30.8 Å². The van der Waals surface area contributed by atoms with Gasteiger partial charge in [0.15, 0.2) is 0 Å². The van der Waals surface area contributed by atoms with Crippen molar-refractivity contribution in [2.24, 2.45) is 0 Å². The van der Waals surface area contributed by atoms with Gasteiger partial charge in [-0.3, -0.25) is 4.79 Å². The van der Waals surface area contributed by atoms with E-state index in [4.69, 9.17) is 10.5 Å². The molecule has 2 aromatic rings. The Kier molecular flexibility index (Phi) is 5.42. The number of nitrogen functional groups attached to an aromatic ring is 1. The lowest BCUT2D eigenvalue weighted by Gasteiger charge is -2.11. The average molecular weight is 298 g/mol. The second-order valence-corrected chi connectivity index (χ2v) is 5.29. The fourth-order valence-electron chi connectivity index (χ4n) is 2.12. The van der Waals surface area contributed by atoms with Gasteiger partial charge in [-0.25, -0.2) is 0 Å². The third kappa shape index (κ3) is 4.25. The van der Waals surface area contributed by atoms with Crippen LogP contribution in [0.3, 0.4) is 0 Å². The molecule has 3 N–H and O–H groups in total. The molecule has 0 aliphatic carbocycles. The third-order valence-electron chi connectivity index (χ3n) is 3.60. The molecule has 0 spiro atoms. The van der Waals surface area contributed by atoms with Crippen molar-refractivity contribution in [1.29, 1.82) is 0 Å². The van der Waals surface area contributed by atoms with Crippen molar-refractivity contribution in [3.05, 3.63) is 53.6 Å². The van der Waals surface area contributed by atoms with Crippen molar-refractivity contribution in [2.75, 3.05) is 17.7 Å². The Morgan fingerprint density at radius 1 is 1.14 bits per heavy atom. The Balaban J connectivity index is 1.76. The summed E-state index contributed by atoms with van der Waals surface area (Å²) >= 11 is 0. The number of aryl methyl sites for hydroxylation is 1. The largest absolute Gasteiger partial charge is 0.493 e. The SMILES string of the molecule is Cc1cccc(OCCCC(=O)Nc2ccccc2N)c1C. The number of hydrogen-bond donors (Lipinski definition) is 2. The van der Waals surface area contributed by atoms with Crippen LogP contribution in [0.25, 0.3) is 0 Å². The summed E-state index contributed by atoms with van der Waals surface area (Å²) in [5.41, 5.74) is 9.36. The van der Waals surface area contributed by atoms with Crippen molar-refractivity contribution in [2.45, 2.75) is 26.7 Å². The topological polar surface area (TPSA) is 64.3 Å². The molecule has 2 aromatic carbocycles. The predicted octanol–water partition coefficient (Wildman–Crippen LogP) is 3.68. The summed E-state index contributed by atoms with van der Waals surface area (Å²) in [6.07, 6.45) is 1.06. The van der Waals surface area contributed by atoms with Gasteiger partial charge in [0.25, 0.3) is 0 Å². The molecule has 0 heterocycles. The molecular formula is C18H22N2O2. The molecule has 0 aliphatic heterocycles. The lowest BCUT2D eigenvalue weighted by molar-refractivity contribution is -0.116. The standard InChI is InChI=1S/C18H22N2O2/c1-13-7-5-10-17(14(13)2)22-12-6-11-18(21)20-16-9-4-3-8-15(16)19/h3-5,7-10H,6,11-12,19H2,1-2H3,(H,20,21). The molecule has 4 nitrogen and oxygen atoms in total. The zero-order chi connectivity index (χ0) is 15.9. The normalized spacial score (nSPS) is 10.3. The van der Waals surface area contributed by atoms with Crippen LogP contribution in [0.4, 0.5) is 11.4 Å². The minimum Gasteiger partial charge on any atom is -0.493 e. The number of para-hydroxylation sites is 2. The minimum absolute atomic E-state index is 0.0533. The van der Waals surface area contributed by atoms with Crippen LogP contribution in [-0.2, 0) is 4.79 Å². The van der Waals surface area contributed by atoms with E-state index in [0.717, 1.165) is 11.3 Å². The molecule has 22 heavy (non-hydrogen) atoms. The van der Waals surface area contributed by atoms with E-state index in [2.05, 4.69) is 18.3 Å². The van der Waals surface area contributed by atoms with Crippen LogP contribution in [0.2, 0.25) is 0 Å². The maximum atomic E-state index is 11.9. The van der Waals surface area contributed by atoms with Crippen LogP contribution < -0.4 is 15.8 Å². The number of benzene rings is 2. The highest BCUT2D eigenvalue weighted by atomic mass is 16.5. The van der Waals surface area contributed by atoms with Crippen LogP contribution >= 0.6 is 0 Å².